The SMILES string of the molecule is CC(C)(Oc1ccccc1)C(=O)N1CCC(B2OC(C)(C)C(C)(C)O2)C1. The van der Waals surface area contributed by atoms with E-state index in [-0.39, 0.29) is 30.0 Å². The van der Waals surface area contributed by atoms with Crippen LogP contribution >= 0.6 is 0 Å². The molecule has 2 fully saturated rings. The third kappa shape index (κ3) is 3.62. The van der Waals surface area contributed by atoms with Crippen LogP contribution < -0.4 is 4.74 Å². The van der Waals surface area contributed by atoms with Gasteiger partial charge in [-0.05, 0) is 60.1 Å². The summed E-state index contributed by atoms with van der Waals surface area (Å²) in [5.41, 5.74) is -1.60. The predicted molar refractivity (Wildman–Crippen MR) is 102 cm³/mol. The van der Waals surface area contributed by atoms with Crippen molar-refractivity contribution in [3.8, 4) is 5.75 Å². The van der Waals surface area contributed by atoms with Crippen LogP contribution in [-0.2, 0) is 14.1 Å². The molecule has 2 heterocycles. The number of amides is 1. The number of hydrogen-bond donors (Lipinski definition) is 0. The van der Waals surface area contributed by atoms with Gasteiger partial charge >= 0.3 is 7.12 Å². The van der Waals surface area contributed by atoms with Crippen molar-refractivity contribution in [2.75, 3.05) is 13.1 Å². The van der Waals surface area contributed by atoms with E-state index in [1.165, 1.54) is 0 Å². The van der Waals surface area contributed by atoms with Crippen molar-refractivity contribution in [2.45, 2.75) is 70.6 Å². The summed E-state index contributed by atoms with van der Waals surface area (Å²) in [5.74, 6) is 0.889. The number of hydrogen-bond acceptors (Lipinski definition) is 4. The predicted octanol–water partition coefficient (Wildman–Crippen LogP) is 3.54. The zero-order chi connectivity index (χ0) is 19.2. The number of benzene rings is 1. The lowest BCUT2D eigenvalue weighted by molar-refractivity contribution is -0.144. The van der Waals surface area contributed by atoms with Gasteiger partial charge in [0.05, 0.1) is 11.2 Å². The molecule has 0 N–H and O–H groups in total. The van der Waals surface area contributed by atoms with Gasteiger partial charge < -0.3 is 18.9 Å². The first kappa shape index (κ1) is 19.2. The summed E-state index contributed by atoms with van der Waals surface area (Å²) in [6.07, 6.45) is 0.879. The lowest BCUT2D eigenvalue weighted by Crippen LogP contribution is -2.48. The maximum atomic E-state index is 13.0. The van der Waals surface area contributed by atoms with E-state index in [4.69, 9.17) is 14.0 Å². The van der Waals surface area contributed by atoms with Gasteiger partial charge in [0.25, 0.3) is 5.91 Å². The highest BCUT2D eigenvalue weighted by atomic mass is 16.7. The summed E-state index contributed by atoms with van der Waals surface area (Å²) < 4.78 is 18.3. The Hall–Kier alpha value is -1.53. The molecule has 0 aromatic heterocycles. The third-order valence-corrected chi connectivity index (χ3v) is 5.80. The fraction of sp³-hybridized carbons (Fsp3) is 0.650. The molecular weight excluding hydrogens is 329 g/mol. The van der Waals surface area contributed by atoms with Crippen LogP contribution in [0.2, 0.25) is 5.82 Å². The Morgan fingerprint density at radius 2 is 1.73 bits per heavy atom. The first-order chi connectivity index (χ1) is 12.0. The largest absolute Gasteiger partial charge is 0.478 e. The molecular formula is C20H30BNO4. The molecule has 1 amide bonds. The average molecular weight is 359 g/mol. The minimum Gasteiger partial charge on any atom is -0.478 e. The summed E-state index contributed by atoms with van der Waals surface area (Å²) in [4.78, 5) is 14.9. The number of carbonyl (C=O) groups excluding carboxylic acids is 1. The Morgan fingerprint density at radius 3 is 2.31 bits per heavy atom. The first-order valence-corrected chi connectivity index (χ1v) is 9.41. The summed E-state index contributed by atoms with van der Waals surface area (Å²) in [5, 5.41) is 0. The molecule has 142 valence electrons. The van der Waals surface area contributed by atoms with Gasteiger partial charge in [0.15, 0.2) is 5.60 Å². The Morgan fingerprint density at radius 1 is 1.15 bits per heavy atom. The smallest absolute Gasteiger partial charge is 0.463 e. The summed E-state index contributed by atoms with van der Waals surface area (Å²) in [6.45, 7) is 13.2. The van der Waals surface area contributed by atoms with E-state index in [1.807, 2.05) is 49.1 Å². The van der Waals surface area contributed by atoms with Crippen molar-refractivity contribution in [1.29, 1.82) is 0 Å². The highest BCUT2D eigenvalue weighted by Crippen LogP contribution is 2.42. The van der Waals surface area contributed by atoms with E-state index in [0.29, 0.717) is 18.8 Å². The summed E-state index contributed by atoms with van der Waals surface area (Å²) in [6, 6.07) is 9.47. The maximum Gasteiger partial charge on any atom is 0.463 e. The molecule has 26 heavy (non-hydrogen) atoms. The van der Waals surface area contributed by atoms with Crippen LogP contribution in [0.25, 0.3) is 0 Å². The Balaban J connectivity index is 1.62. The van der Waals surface area contributed by atoms with Gasteiger partial charge in [0, 0.05) is 18.9 Å². The molecule has 5 nitrogen and oxygen atoms in total. The van der Waals surface area contributed by atoms with Crippen LogP contribution in [0.3, 0.4) is 0 Å². The van der Waals surface area contributed by atoms with E-state index < -0.39 is 5.60 Å². The van der Waals surface area contributed by atoms with Crippen LogP contribution in [0.15, 0.2) is 30.3 Å². The van der Waals surface area contributed by atoms with Crippen LogP contribution in [0.1, 0.15) is 48.0 Å². The van der Waals surface area contributed by atoms with Crippen LogP contribution in [0.5, 0.6) is 5.75 Å². The normalized spacial score (nSPS) is 24.8. The van der Waals surface area contributed by atoms with E-state index in [0.717, 1.165) is 6.42 Å². The second-order valence-electron chi connectivity index (χ2n) is 8.85. The van der Waals surface area contributed by atoms with E-state index in [9.17, 15) is 4.79 Å². The van der Waals surface area contributed by atoms with E-state index in [2.05, 4.69) is 27.7 Å². The maximum absolute atomic E-state index is 13.0. The van der Waals surface area contributed by atoms with Gasteiger partial charge in [-0.2, -0.15) is 0 Å². The van der Waals surface area contributed by atoms with Gasteiger partial charge in [-0.15, -0.1) is 0 Å². The van der Waals surface area contributed by atoms with Crippen LogP contribution in [0, 0.1) is 0 Å². The van der Waals surface area contributed by atoms with E-state index >= 15 is 0 Å². The van der Waals surface area contributed by atoms with Crippen molar-refractivity contribution in [3.05, 3.63) is 30.3 Å². The minimum absolute atomic E-state index is 0.000343. The molecule has 3 rings (SSSR count). The Labute approximate surface area is 157 Å². The van der Waals surface area contributed by atoms with Gasteiger partial charge in [-0.3, -0.25) is 4.79 Å². The molecule has 0 saturated carbocycles. The van der Waals surface area contributed by atoms with Crippen molar-refractivity contribution in [3.63, 3.8) is 0 Å². The number of nitrogens with zero attached hydrogens (tertiary/aromatic N) is 1. The number of rotatable bonds is 4. The van der Waals surface area contributed by atoms with Crippen molar-refractivity contribution >= 4 is 13.0 Å². The molecule has 1 aromatic rings. The average Bonchev–Trinajstić information content (AvgIpc) is 3.10. The lowest BCUT2D eigenvalue weighted by atomic mass is 9.71. The minimum atomic E-state index is -0.911. The molecule has 2 aliphatic heterocycles. The molecule has 6 heteroatoms. The van der Waals surface area contributed by atoms with E-state index in [1.54, 1.807) is 0 Å². The topological polar surface area (TPSA) is 48.0 Å². The monoisotopic (exact) mass is 359 g/mol. The van der Waals surface area contributed by atoms with Gasteiger partial charge in [-0.25, -0.2) is 0 Å². The molecule has 1 atom stereocenters. The number of ether oxygens (including phenoxy) is 1. The molecule has 0 aliphatic carbocycles. The summed E-state index contributed by atoms with van der Waals surface area (Å²) >= 11 is 0. The van der Waals surface area contributed by atoms with Crippen molar-refractivity contribution in [2.24, 2.45) is 0 Å². The molecule has 0 bridgehead atoms. The molecule has 0 radical (unpaired) electrons. The zero-order valence-corrected chi connectivity index (χ0v) is 16.7. The molecule has 0 spiro atoms. The molecule has 1 aromatic carbocycles. The standard InChI is InChI=1S/C20H30BNO4/c1-18(2,24-16-10-8-7-9-11-16)17(23)22-13-12-15(14-22)21-25-19(3,4)20(5,6)26-21/h7-11,15H,12-14H2,1-6H3. The number of likely N-dealkylation sites (tertiary alicyclic amines) is 1. The molecule has 2 aliphatic rings. The molecule has 2 saturated heterocycles. The van der Waals surface area contributed by atoms with Gasteiger partial charge in [0.1, 0.15) is 5.75 Å². The Kier molecular flexibility index (Phi) is 4.86. The fourth-order valence-electron chi connectivity index (χ4n) is 3.48. The lowest BCUT2D eigenvalue weighted by Gasteiger charge is -2.32. The van der Waals surface area contributed by atoms with Gasteiger partial charge in [-0.1, -0.05) is 18.2 Å². The fourth-order valence-corrected chi connectivity index (χ4v) is 3.48. The first-order valence-electron chi connectivity index (χ1n) is 9.41. The quantitative estimate of drug-likeness (QED) is 0.772. The van der Waals surface area contributed by atoms with Crippen molar-refractivity contribution in [1.82, 2.24) is 4.90 Å². The van der Waals surface area contributed by atoms with Crippen LogP contribution in [-0.4, -0.2) is 47.8 Å². The highest BCUT2D eigenvalue weighted by Gasteiger charge is 2.55. The number of carbonyl (C=O) groups is 1. The molecule has 1 unspecified atom stereocenters. The second-order valence-corrected chi connectivity index (χ2v) is 8.85. The third-order valence-electron chi connectivity index (χ3n) is 5.80. The number of para-hydroxylation sites is 1. The second kappa shape index (κ2) is 6.57. The van der Waals surface area contributed by atoms with Gasteiger partial charge in [0.2, 0.25) is 0 Å². The highest BCUT2D eigenvalue weighted by molar-refractivity contribution is 6.47. The Bertz CT molecular complexity index is 643. The van der Waals surface area contributed by atoms with Crippen LogP contribution in [0.4, 0.5) is 0 Å². The van der Waals surface area contributed by atoms with Crippen molar-refractivity contribution < 1.29 is 18.8 Å². The summed E-state index contributed by atoms with van der Waals surface area (Å²) in [7, 11) is -0.268. The zero-order valence-electron chi connectivity index (χ0n) is 16.7.